The van der Waals surface area contributed by atoms with E-state index in [1.807, 2.05) is 29.6 Å². The normalized spacial score (nSPS) is 18.4. The Bertz CT molecular complexity index is 877. The smallest absolute Gasteiger partial charge is 0.312 e. The predicted octanol–water partition coefficient (Wildman–Crippen LogP) is 2.77. The lowest BCUT2D eigenvalue weighted by atomic mass is 9.90. The maximum absolute atomic E-state index is 13.0. The van der Waals surface area contributed by atoms with Crippen LogP contribution in [0.2, 0.25) is 0 Å². The van der Waals surface area contributed by atoms with Gasteiger partial charge < -0.3 is 19.7 Å². The highest BCUT2D eigenvalue weighted by molar-refractivity contribution is 7.10. The zero-order valence-electron chi connectivity index (χ0n) is 16.1. The van der Waals surface area contributed by atoms with E-state index in [2.05, 4.69) is 5.32 Å². The van der Waals surface area contributed by atoms with Gasteiger partial charge in [0.15, 0.2) is 11.5 Å². The van der Waals surface area contributed by atoms with Crippen molar-refractivity contribution in [1.82, 2.24) is 10.2 Å². The number of carbonyl (C=O) groups excluding carboxylic acids is 2. The van der Waals surface area contributed by atoms with Gasteiger partial charge in [0.1, 0.15) is 0 Å². The SMILES string of the molecule is COc1cc2c(cc1OC)C(c1cccs1)N(C(=O)C(=O)NCC1CC1)CC2. The van der Waals surface area contributed by atoms with Crippen molar-refractivity contribution in [3.8, 4) is 11.5 Å². The molecule has 28 heavy (non-hydrogen) atoms. The first-order chi connectivity index (χ1) is 13.6. The Kier molecular flexibility index (Phi) is 5.26. The topological polar surface area (TPSA) is 67.9 Å². The first kappa shape index (κ1) is 18.8. The van der Waals surface area contributed by atoms with Crippen LogP contribution in [-0.4, -0.2) is 44.0 Å². The molecule has 4 rings (SSSR count). The van der Waals surface area contributed by atoms with Crippen molar-refractivity contribution < 1.29 is 19.1 Å². The Morgan fingerprint density at radius 3 is 2.61 bits per heavy atom. The highest BCUT2D eigenvalue weighted by Crippen LogP contribution is 2.42. The zero-order chi connectivity index (χ0) is 19.7. The Morgan fingerprint density at radius 2 is 1.96 bits per heavy atom. The van der Waals surface area contributed by atoms with Gasteiger partial charge in [-0.2, -0.15) is 0 Å². The summed E-state index contributed by atoms with van der Waals surface area (Å²) in [4.78, 5) is 28.2. The average Bonchev–Trinajstić information content (AvgIpc) is 3.40. The predicted molar refractivity (Wildman–Crippen MR) is 107 cm³/mol. The minimum absolute atomic E-state index is 0.303. The van der Waals surface area contributed by atoms with E-state index >= 15 is 0 Å². The molecule has 2 aliphatic rings. The van der Waals surface area contributed by atoms with Gasteiger partial charge in [-0.05, 0) is 59.9 Å². The second-order valence-electron chi connectivity index (χ2n) is 7.23. The third-order valence-electron chi connectivity index (χ3n) is 5.39. The standard InChI is InChI=1S/C21H24N2O4S/c1-26-16-10-14-7-8-23(21(25)20(24)22-12-13-5-6-13)19(18-4-3-9-28-18)15(14)11-17(16)27-2/h3-4,9-11,13,19H,5-8,12H2,1-2H3,(H,22,24). The summed E-state index contributed by atoms with van der Waals surface area (Å²) in [6.45, 7) is 1.07. The molecular weight excluding hydrogens is 376 g/mol. The van der Waals surface area contributed by atoms with Crippen LogP contribution in [0.4, 0.5) is 0 Å². The van der Waals surface area contributed by atoms with Crippen molar-refractivity contribution in [2.45, 2.75) is 25.3 Å². The lowest BCUT2D eigenvalue weighted by molar-refractivity contribution is -0.147. The van der Waals surface area contributed by atoms with E-state index in [0.717, 1.165) is 28.8 Å². The molecule has 148 valence electrons. The van der Waals surface area contributed by atoms with Crippen molar-refractivity contribution in [3.63, 3.8) is 0 Å². The molecule has 2 amide bonds. The average molecular weight is 401 g/mol. The van der Waals surface area contributed by atoms with Crippen LogP contribution in [0.3, 0.4) is 0 Å². The van der Waals surface area contributed by atoms with E-state index in [-0.39, 0.29) is 6.04 Å². The molecule has 1 saturated carbocycles. The van der Waals surface area contributed by atoms with Crippen molar-refractivity contribution >= 4 is 23.2 Å². The molecule has 2 heterocycles. The van der Waals surface area contributed by atoms with Gasteiger partial charge in [0, 0.05) is 18.0 Å². The second-order valence-corrected chi connectivity index (χ2v) is 8.21. The quantitative estimate of drug-likeness (QED) is 0.784. The molecule has 0 saturated heterocycles. The molecule has 1 N–H and O–H groups in total. The maximum atomic E-state index is 13.0. The van der Waals surface area contributed by atoms with E-state index < -0.39 is 11.8 Å². The summed E-state index contributed by atoms with van der Waals surface area (Å²) >= 11 is 1.58. The molecule has 1 aliphatic carbocycles. The van der Waals surface area contributed by atoms with Crippen LogP contribution in [0.1, 0.15) is 34.9 Å². The zero-order valence-corrected chi connectivity index (χ0v) is 16.9. The van der Waals surface area contributed by atoms with E-state index in [1.165, 1.54) is 0 Å². The largest absolute Gasteiger partial charge is 0.493 e. The summed E-state index contributed by atoms with van der Waals surface area (Å²) < 4.78 is 10.9. The van der Waals surface area contributed by atoms with Gasteiger partial charge in [0.25, 0.3) is 0 Å². The van der Waals surface area contributed by atoms with Crippen LogP contribution < -0.4 is 14.8 Å². The fourth-order valence-electron chi connectivity index (χ4n) is 3.68. The van der Waals surface area contributed by atoms with Gasteiger partial charge in [-0.25, -0.2) is 0 Å². The van der Waals surface area contributed by atoms with Crippen molar-refractivity contribution in [2.24, 2.45) is 5.92 Å². The number of ether oxygens (including phenoxy) is 2. The molecule has 0 radical (unpaired) electrons. The lowest BCUT2D eigenvalue weighted by Crippen LogP contribution is -2.48. The van der Waals surface area contributed by atoms with Crippen molar-refractivity contribution in [3.05, 3.63) is 45.6 Å². The molecule has 1 aromatic heterocycles. The number of nitrogens with zero attached hydrogens (tertiary/aromatic N) is 1. The number of hydrogen-bond acceptors (Lipinski definition) is 5. The van der Waals surface area contributed by atoms with Crippen LogP contribution >= 0.6 is 11.3 Å². The molecule has 1 unspecified atom stereocenters. The van der Waals surface area contributed by atoms with Gasteiger partial charge >= 0.3 is 11.8 Å². The molecule has 1 atom stereocenters. The third kappa shape index (κ3) is 3.58. The first-order valence-electron chi connectivity index (χ1n) is 9.49. The molecule has 1 aromatic carbocycles. The molecule has 0 bridgehead atoms. The number of benzene rings is 1. The van der Waals surface area contributed by atoms with Gasteiger partial charge in [-0.15, -0.1) is 11.3 Å². The Morgan fingerprint density at radius 1 is 1.21 bits per heavy atom. The lowest BCUT2D eigenvalue weighted by Gasteiger charge is -2.37. The summed E-state index contributed by atoms with van der Waals surface area (Å²) in [7, 11) is 3.21. The number of amides is 2. The van der Waals surface area contributed by atoms with E-state index in [1.54, 1.807) is 30.5 Å². The molecule has 0 spiro atoms. The van der Waals surface area contributed by atoms with Crippen LogP contribution in [0.25, 0.3) is 0 Å². The third-order valence-corrected chi connectivity index (χ3v) is 6.31. The number of thiophene rings is 1. The minimum atomic E-state index is -0.516. The number of rotatable bonds is 5. The molecule has 1 fully saturated rings. The molecule has 1 aliphatic heterocycles. The second kappa shape index (κ2) is 7.83. The summed E-state index contributed by atoms with van der Waals surface area (Å²) in [6, 6.07) is 7.57. The van der Waals surface area contributed by atoms with Crippen LogP contribution in [0, 0.1) is 5.92 Å². The number of hydrogen-bond donors (Lipinski definition) is 1. The first-order valence-corrected chi connectivity index (χ1v) is 10.4. The van der Waals surface area contributed by atoms with Gasteiger partial charge in [0.2, 0.25) is 0 Å². The van der Waals surface area contributed by atoms with Gasteiger partial charge in [0.05, 0.1) is 20.3 Å². The monoisotopic (exact) mass is 400 g/mol. The maximum Gasteiger partial charge on any atom is 0.312 e. The fourth-order valence-corrected chi connectivity index (χ4v) is 4.54. The summed E-state index contributed by atoms with van der Waals surface area (Å²) in [5.41, 5.74) is 2.09. The fraction of sp³-hybridized carbons (Fsp3) is 0.429. The molecular formula is C21H24N2O4S. The molecule has 7 heteroatoms. The Hall–Kier alpha value is -2.54. The van der Waals surface area contributed by atoms with E-state index in [9.17, 15) is 9.59 Å². The molecule has 6 nitrogen and oxygen atoms in total. The van der Waals surface area contributed by atoms with Gasteiger partial charge in [-0.3, -0.25) is 9.59 Å². The highest BCUT2D eigenvalue weighted by Gasteiger charge is 2.36. The van der Waals surface area contributed by atoms with Crippen LogP contribution in [0.5, 0.6) is 11.5 Å². The van der Waals surface area contributed by atoms with E-state index in [4.69, 9.17) is 9.47 Å². The number of carbonyl (C=O) groups is 2. The summed E-state index contributed by atoms with van der Waals surface area (Å²) in [6.07, 6.45) is 2.93. The van der Waals surface area contributed by atoms with Crippen LogP contribution in [0.15, 0.2) is 29.6 Å². The van der Waals surface area contributed by atoms with E-state index in [0.29, 0.717) is 36.9 Å². The minimum Gasteiger partial charge on any atom is -0.493 e. The van der Waals surface area contributed by atoms with Crippen molar-refractivity contribution in [2.75, 3.05) is 27.3 Å². The number of fused-ring (bicyclic) bond motifs is 1. The summed E-state index contributed by atoms with van der Waals surface area (Å²) in [5.74, 6) is 0.837. The number of methoxy groups -OCH3 is 2. The van der Waals surface area contributed by atoms with Crippen molar-refractivity contribution in [1.29, 1.82) is 0 Å². The van der Waals surface area contributed by atoms with Crippen LogP contribution in [-0.2, 0) is 16.0 Å². The van der Waals surface area contributed by atoms with Gasteiger partial charge in [-0.1, -0.05) is 6.07 Å². The summed E-state index contributed by atoms with van der Waals surface area (Å²) in [5, 5.41) is 4.79. The number of nitrogens with one attached hydrogen (secondary N) is 1. The molecule has 2 aromatic rings. The Labute approximate surface area is 168 Å². The Balaban J connectivity index is 1.68. The highest BCUT2D eigenvalue weighted by atomic mass is 32.1.